The Kier molecular flexibility index (Phi) is 5.39. The van der Waals surface area contributed by atoms with E-state index in [4.69, 9.17) is 11.6 Å². The lowest BCUT2D eigenvalue weighted by molar-refractivity contribution is -0.119. The second-order valence-corrected chi connectivity index (χ2v) is 7.06. The van der Waals surface area contributed by atoms with E-state index in [1.165, 1.54) is 23.1 Å². The van der Waals surface area contributed by atoms with Crippen molar-refractivity contribution in [1.82, 2.24) is 15.5 Å². The summed E-state index contributed by atoms with van der Waals surface area (Å²) in [5.74, 6) is 0.317. The lowest BCUT2D eigenvalue weighted by Crippen LogP contribution is -2.28. The standard InChI is InChI=1S/C13H14ClN3OS2/c1-8(10-3-5-11(14)6-4-10)15-12(18)7-19-13-17-16-9(2)20-13/h3-6,8H,7H2,1-2H3,(H,15,18). The molecule has 0 radical (unpaired) electrons. The van der Waals surface area contributed by atoms with Gasteiger partial charge in [-0.25, -0.2) is 0 Å². The zero-order valence-corrected chi connectivity index (χ0v) is 13.5. The highest BCUT2D eigenvalue weighted by molar-refractivity contribution is 8.01. The predicted molar refractivity (Wildman–Crippen MR) is 83.4 cm³/mol. The van der Waals surface area contributed by atoms with Gasteiger partial charge in [0.15, 0.2) is 4.34 Å². The van der Waals surface area contributed by atoms with E-state index in [0.717, 1.165) is 14.9 Å². The van der Waals surface area contributed by atoms with Crippen LogP contribution in [-0.2, 0) is 4.79 Å². The number of nitrogens with one attached hydrogen (secondary N) is 1. The number of amides is 1. The summed E-state index contributed by atoms with van der Waals surface area (Å²) in [6, 6.07) is 7.41. The molecular formula is C13H14ClN3OS2. The molecule has 0 saturated heterocycles. The Hall–Kier alpha value is -1.11. The number of aromatic nitrogens is 2. The molecule has 106 valence electrons. The number of thioether (sulfide) groups is 1. The van der Waals surface area contributed by atoms with Gasteiger partial charge in [0.2, 0.25) is 5.91 Å². The maximum Gasteiger partial charge on any atom is 0.230 e. The van der Waals surface area contributed by atoms with Gasteiger partial charge in [-0.2, -0.15) is 0 Å². The van der Waals surface area contributed by atoms with Crippen LogP contribution in [0.4, 0.5) is 0 Å². The van der Waals surface area contributed by atoms with Gasteiger partial charge < -0.3 is 5.32 Å². The number of halogens is 1. The fourth-order valence-corrected chi connectivity index (χ4v) is 3.33. The predicted octanol–water partition coefficient (Wildman–Crippen LogP) is 3.47. The Morgan fingerprint density at radius 1 is 1.40 bits per heavy atom. The van der Waals surface area contributed by atoms with Gasteiger partial charge in [0.25, 0.3) is 0 Å². The van der Waals surface area contributed by atoms with Crippen LogP contribution < -0.4 is 5.32 Å². The normalized spacial score (nSPS) is 12.2. The third-order valence-electron chi connectivity index (χ3n) is 2.58. The van der Waals surface area contributed by atoms with Crippen molar-refractivity contribution >= 4 is 40.6 Å². The number of hydrogen-bond acceptors (Lipinski definition) is 5. The zero-order chi connectivity index (χ0) is 14.5. The quantitative estimate of drug-likeness (QED) is 0.854. The first-order chi connectivity index (χ1) is 9.54. The summed E-state index contributed by atoms with van der Waals surface area (Å²) in [7, 11) is 0. The van der Waals surface area contributed by atoms with Crippen LogP contribution in [0.2, 0.25) is 5.02 Å². The molecule has 0 aliphatic rings. The van der Waals surface area contributed by atoms with Gasteiger partial charge in [0, 0.05) is 5.02 Å². The SMILES string of the molecule is Cc1nnc(SCC(=O)NC(C)c2ccc(Cl)cc2)s1. The summed E-state index contributed by atoms with van der Waals surface area (Å²) in [4.78, 5) is 11.9. The van der Waals surface area contributed by atoms with Crippen molar-refractivity contribution in [2.75, 3.05) is 5.75 Å². The van der Waals surface area contributed by atoms with Crippen LogP contribution in [0.25, 0.3) is 0 Å². The first-order valence-electron chi connectivity index (χ1n) is 6.02. The van der Waals surface area contributed by atoms with Crippen molar-refractivity contribution in [1.29, 1.82) is 0 Å². The van der Waals surface area contributed by atoms with E-state index in [1.807, 2.05) is 38.1 Å². The molecule has 0 spiro atoms. The zero-order valence-electron chi connectivity index (χ0n) is 11.1. The number of carbonyl (C=O) groups is 1. The molecule has 1 heterocycles. The Morgan fingerprint density at radius 2 is 2.10 bits per heavy atom. The van der Waals surface area contributed by atoms with Crippen LogP contribution in [0.15, 0.2) is 28.6 Å². The van der Waals surface area contributed by atoms with E-state index in [1.54, 1.807) is 0 Å². The van der Waals surface area contributed by atoms with Crippen LogP contribution in [0.1, 0.15) is 23.5 Å². The lowest BCUT2D eigenvalue weighted by atomic mass is 10.1. The molecule has 20 heavy (non-hydrogen) atoms. The molecule has 0 bridgehead atoms. The van der Waals surface area contributed by atoms with Gasteiger partial charge >= 0.3 is 0 Å². The molecule has 1 N–H and O–H groups in total. The monoisotopic (exact) mass is 327 g/mol. The molecule has 1 atom stereocenters. The summed E-state index contributed by atoms with van der Waals surface area (Å²) in [6.07, 6.45) is 0. The van der Waals surface area contributed by atoms with Crippen molar-refractivity contribution < 1.29 is 4.79 Å². The summed E-state index contributed by atoms with van der Waals surface area (Å²) in [6.45, 7) is 3.84. The molecule has 1 amide bonds. The second kappa shape index (κ2) is 7.06. The van der Waals surface area contributed by atoms with Crippen LogP contribution in [0.5, 0.6) is 0 Å². The van der Waals surface area contributed by atoms with Gasteiger partial charge in [0.05, 0.1) is 11.8 Å². The Morgan fingerprint density at radius 3 is 2.70 bits per heavy atom. The Bertz CT molecular complexity index is 586. The second-order valence-electron chi connectivity index (χ2n) is 4.22. The third-order valence-corrected chi connectivity index (χ3v) is 4.81. The topological polar surface area (TPSA) is 54.9 Å². The number of aryl methyl sites for hydroxylation is 1. The van der Waals surface area contributed by atoms with E-state index in [0.29, 0.717) is 10.8 Å². The van der Waals surface area contributed by atoms with Gasteiger partial charge in [-0.1, -0.05) is 46.8 Å². The number of nitrogens with zero attached hydrogens (tertiary/aromatic N) is 2. The molecule has 0 fully saturated rings. The van der Waals surface area contributed by atoms with E-state index < -0.39 is 0 Å². The van der Waals surface area contributed by atoms with Crippen LogP contribution in [0, 0.1) is 6.92 Å². The summed E-state index contributed by atoms with van der Waals surface area (Å²) >= 11 is 8.73. The minimum absolute atomic E-state index is 0.0229. The van der Waals surface area contributed by atoms with Crippen molar-refractivity contribution in [3.63, 3.8) is 0 Å². The maximum atomic E-state index is 11.9. The molecule has 7 heteroatoms. The number of rotatable bonds is 5. The van der Waals surface area contributed by atoms with Crippen LogP contribution >= 0.6 is 34.7 Å². The molecule has 1 aromatic carbocycles. The fourth-order valence-electron chi connectivity index (χ4n) is 1.58. The Labute approximate surface area is 130 Å². The smallest absolute Gasteiger partial charge is 0.230 e. The molecule has 4 nitrogen and oxygen atoms in total. The van der Waals surface area contributed by atoms with Crippen LogP contribution in [0.3, 0.4) is 0 Å². The van der Waals surface area contributed by atoms with Gasteiger partial charge in [-0.3, -0.25) is 4.79 Å². The van der Waals surface area contributed by atoms with Crippen molar-refractivity contribution in [3.8, 4) is 0 Å². The summed E-state index contributed by atoms with van der Waals surface area (Å²) < 4.78 is 0.816. The van der Waals surface area contributed by atoms with Crippen molar-refractivity contribution in [2.45, 2.75) is 24.2 Å². The van der Waals surface area contributed by atoms with Gasteiger partial charge in [0.1, 0.15) is 5.01 Å². The molecule has 1 unspecified atom stereocenters. The minimum Gasteiger partial charge on any atom is -0.349 e. The fraction of sp³-hybridized carbons (Fsp3) is 0.308. The first kappa shape index (κ1) is 15.3. The molecule has 2 rings (SSSR count). The average molecular weight is 328 g/mol. The largest absolute Gasteiger partial charge is 0.349 e. The van der Waals surface area contributed by atoms with E-state index in [-0.39, 0.29) is 11.9 Å². The summed E-state index contributed by atoms with van der Waals surface area (Å²) in [5, 5.41) is 12.4. The average Bonchev–Trinajstić information content (AvgIpc) is 2.83. The third kappa shape index (κ3) is 4.47. The number of hydrogen-bond donors (Lipinski definition) is 1. The highest BCUT2D eigenvalue weighted by atomic mass is 35.5. The van der Waals surface area contributed by atoms with E-state index in [2.05, 4.69) is 15.5 Å². The van der Waals surface area contributed by atoms with Gasteiger partial charge in [-0.15, -0.1) is 10.2 Å². The highest BCUT2D eigenvalue weighted by Crippen LogP contribution is 2.22. The molecule has 0 saturated carbocycles. The molecule has 1 aromatic heterocycles. The van der Waals surface area contributed by atoms with Crippen LogP contribution in [-0.4, -0.2) is 21.9 Å². The maximum absolute atomic E-state index is 11.9. The molecule has 0 aliphatic carbocycles. The minimum atomic E-state index is -0.0449. The van der Waals surface area contributed by atoms with Crippen molar-refractivity contribution in [3.05, 3.63) is 39.9 Å². The number of benzene rings is 1. The van der Waals surface area contributed by atoms with E-state index in [9.17, 15) is 4.79 Å². The highest BCUT2D eigenvalue weighted by Gasteiger charge is 2.11. The van der Waals surface area contributed by atoms with E-state index >= 15 is 0 Å². The Balaban J connectivity index is 1.83. The van der Waals surface area contributed by atoms with Crippen molar-refractivity contribution in [2.24, 2.45) is 0 Å². The first-order valence-corrected chi connectivity index (χ1v) is 8.20. The van der Waals surface area contributed by atoms with Gasteiger partial charge in [-0.05, 0) is 31.5 Å². The molecule has 2 aromatic rings. The molecule has 0 aliphatic heterocycles. The summed E-state index contributed by atoms with van der Waals surface area (Å²) in [5.41, 5.74) is 1.03. The lowest BCUT2D eigenvalue weighted by Gasteiger charge is -2.13. The molecular weight excluding hydrogens is 314 g/mol. The number of carbonyl (C=O) groups excluding carboxylic acids is 1.